The average molecular weight is 195 g/mol. The van der Waals surface area contributed by atoms with E-state index >= 15 is 0 Å². The number of ether oxygens (including phenoxy) is 1. The maximum absolute atomic E-state index is 10.4. The van der Waals surface area contributed by atoms with E-state index in [1.54, 1.807) is 0 Å². The van der Waals surface area contributed by atoms with Crippen LogP contribution in [0.15, 0.2) is 30.3 Å². The number of nitrogens with one attached hydrogen (secondary N) is 1. The van der Waals surface area contributed by atoms with Gasteiger partial charge in [-0.1, -0.05) is 18.2 Å². The lowest BCUT2D eigenvalue weighted by Gasteiger charge is -2.06. The summed E-state index contributed by atoms with van der Waals surface area (Å²) < 4.78 is 4.68. The SMILES string of the molecule is CC(=O)OCCONc1ccccc1. The number of hydrogen-bond acceptors (Lipinski definition) is 4. The van der Waals surface area contributed by atoms with Crippen LogP contribution in [-0.2, 0) is 14.4 Å². The molecule has 4 heteroatoms. The number of hydrogen-bond donors (Lipinski definition) is 1. The quantitative estimate of drug-likeness (QED) is 0.440. The van der Waals surface area contributed by atoms with Gasteiger partial charge in [-0.05, 0) is 12.1 Å². The van der Waals surface area contributed by atoms with E-state index in [0.717, 1.165) is 5.69 Å². The highest BCUT2D eigenvalue weighted by Crippen LogP contribution is 2.03. The second-order valence-electron chi connectivity index (χ2n) is 2.66. The van der Waals surface area contributed by atoms with Gasteiger partial charge < -0.3 is 4.74 Å². The molecule has 0 fully saturated rings. The normalized spacial score (nSPS) is 9.50. The Hall–Kier alpha value is -1.55. The molecule has 0 spiro atoms. The predicted octanol–water partition coefficient (Wildman–Crippen LogP) is 1.59. The molecule has 0 atom stereocenters. The fraction of sp³-hybridized carbons (Fsp3) is 0.300. The maximum atomic E-state index is 10.4. The Morgan fingerprint density at radius 2 is 2.00 bits per heavy atom. The molecular formula is C10H13NO3. The molecule has 0 heterocycles. The molecule has 0 aliphatic carbocycles. The van der Waals surface area contributed by atoms with Crippen molar-refractivity contribution in [2.45, 2.75) is 6.92 Å². The van der Waals surface area contributed by atoms with Crippen LogP contribution in [0, 0.1) is 0 Å². The van der Waals surface area contributed by atoms with Crippen molar-refractivity contribution in [3.05, 3.63) is 30.3 Å². The third kappa shape index (κ3) is 4.47. The van der Waals surface area contributed by atoms with Crippen LogP contribution in [0.5, 0.6) is 0 Å². The zero-order valence-corrected chi connectivity index (χ0v) is 8.03. The summed E-state index contributed by atoms with van der Waals surface area (Å²) in [7, 11) is 0. The van der Waals surface area contributed by atoms with Crippen LogP contribution in [0.1, 0.15) is 6.92 Å². The first-order chi connectivity index (χ1) is 6.79. The Morgan fingerprint density at radius 3 is 2.64 bits per heavy atom. The Bertz CT molecular complexity index is 274. The van der Waals surface area contributed by atoms with Crippen LogP contribution in [-0.4, -0.2) is 19.2 Å². The Labute approximate surface area is 82.8 Å². The van der Waals surface area contributed by atoms with Crippen molar-refractivity contribution < 1.29 is 14.4 Å². The van der Waals surface area contributed by atoms with Crippen LogP contribution in [0.4, 0.5) is 5.69 Å². The standard InChI is InChI=1S/C10H13NO3/c1-9(12)13-7-8-14-11-10-5-3-2-4-6-10/h2-6,11H,7-8H2,1H3. The zero-order valence-electron chi connectivity index (χ0n) is 8.03. The number of anilines is 1. The minimum Gasteiger partial charge on any atom is -0.463 e. The van der Waals surface area contributed by atoms with Crippen LogP contribution in [0.25, 0.3) is 0 Å². The van der Waals surface area contributed by atoms with E-state index in [0.29, 0.717) is 6.61 Å². The third-order valence-corrected chi connectivity index (χ3v) is 1.45. The summed E-state index contributed by atoms with van der Waals surface area (Å²) >= 11 is 0. The molecule has 0 saturated carbocycles. The largest absolute Gasteiger partial charge is 0.463 e. The summed E-state index contributed by atoms with van der Waals surface area (Å²) in [5, 5.41) is 0. The summed E-state index contributed by atoms with van der Waals surface area (Å²) in [6.45, 7) is 1.95. The van der Waals surface area contributed by atoms with Crippen molar-refractivity contribution in [1.82, 2.24) is 0 Å². The van der Waals surface area contributed by atoms with E-state index in [2.05, 4.69) is 10.2 Å². The highest BCUT2D eigenvalue weighted by atomic mass is 16.7. The number of para-hydroxylation sites is 1. The highest BCUT2D eigenvalue weighted by molar-refractivity contribution is 5.65. The van der Waals surface area contributed by atoms with Gasteiger partial charge in [-0.15, -0.1) is 0 Å². The van der Waals surface area contributed by atoms with Gasteiger partial charge in [-0.25, -0.2) is 0 Å². The van der Waals surface area contributed by atoms with Crippen molar-refractivity contribution in [2.75, 3.05) is 18.7 Å². The summed E-state index contributed by atoms with van der Waals surface area (Å²) in [5.74, 6) is -0.298. The van der Waals surface area contributed by atoms with Gasteiger partial charge in [-0.3, -0.25) is 15.1 Å². The van der Waals surface area contributed by atoms with E-state index in [-0.39, 0.29) is 12.6 Å². The summed E-state index contributed by atoms with van der Waals surface area (Å²) in [5.41, 5.74) is 3.60. The topological polar surface area (TPSA) is 47.6 Å². The van der Waals surface area contributed by atoms with E-state index < -0.39 is 0 Å². The van der Waals surface area contributed by atoms with Gasteiger partial charge in [0.1, 0.15) is 13.2 Å². The minimum absolute atomic E-state index is 0.259. The molecule has 0 unspecified atom stereocenters. The monoisotopic (exact) mass is 195 g/mol. The molecule has 0 bridgehead atoms. The number of rotatable bonds is 5. The van der Waals surface area contributed by atoms with Crippen LogP contribution in [0.3, 0.4) is 0 Å². The number of carbonyl (C=O) groups is 1. The molecule has 0 aliphatic rings. The molecule has 0 saturated heterocycles. The molecule has 0 aliphatic heterocycles. The lowest BCUT2D eigenvalue weighted by atomic mass is 10.3. The fourth-order valence-electron chi connectivity index (χ4n) is 0.868. The molecule has 14 heavy (non-hydrogen) atoms. The van der Waals surface area contributed by atoms with Crippen LogP contribution < -0.4 is 5.48 Å². The van der Waals surface area contributed by atoms with E-state index in [4.69, 9.17) is 4.84 Å². The molecule has 0 amide bonds. The number of esters is 1. The van der Waals surface area contributed by atoms with Crippen molar-refractivity contribution >= 4 is 11.7 Å². The number of carbonyl (C=O) groups excluding carboxylic acids is 1. The average Bonchev–Trinajstić information content (AvgIpc) is 2.18. The molecule has 4 nitrogen and oxygen atoms in total. The van der Waals surface area contributed by atoms with Gasteiger partial charge in [0, 0.05) is 6.92 Å². The molecule has 0 radical (unpaired) electrons. The Kier molecular flexibility index (Phi) is 4.50. The van der Waals surface area contributed by atoms with Crippen molar-refractivity contribution in [3.8, 4) is 0 Å². The van der Waals surface area contributed by atoms with Gasteiger partial charge >= 0.3 is 5.97 Å². The van der Waals surface area contributed by atoms with Gasteiger partial charge in [0.15, 0.2) is 0 Å². The van der Waals surface area contributed by atoms with Crippen molar-refractivity contribution in [3.63, 3.8) is 0 Å². The van der Waals surface area contributed by atoms with Crippen molar-refractivity contribution in [1.29, 1.82) is 0 Å². The number of benzene rings is 1. The van der Waals surface area contributed by atoms with Crippen LogP contribution >= 0.6 is 0 Å². The third-order valence-electron chi connectivity index (χ3n) is 1.45. The van der Waals surface area contributed by atoms with E-state index in [1.165, 1.54) is 6.92 Å². The second-order valence-corrected chi connectivity index (χ2v) is 2.66. The molecule has 1 rings (SSSR count). The van der Waals surface area contributed by atoms with Crippen molar-refractivity contribution in [2.24, 2.45) is 0 Å². The first-order valence-corrected chi connectivity index (χ1v) is 4.35. The molecule has 76 valence electrons. The first-order valence-electron chi connectivity index (χ1n) is 4.35. The molecule has 1 aromatic rings. The van der Waals surface area contributed by atoms with E-state index in [9.17, 15) is 4.79 Å². The molecule has 1 aromatic carbocycles. The molecule has 1 N–H and O–H groups in total. The molecular weight excluding hydrogens is 182 g/mol. The lowest BCUT2D eigenvalue weighted by Crippen LogP contribution is -2.10. The smallest absolute Gasteiger partial charge is 0.302 e. The lowest BCUT2D eigenvalue weighted by molar-refractivity contribution is -0.142. The predicted molar refractivity (Wildman–Crippen MR) is 52.6 cm³/mol. The first kappa shape index (κ1) is 10.5. The second kappa shape index (κ2) is 5.99. The Morgan fingerprint density at radius 1 is 1.29 bits per heavy atom. The van der Waals surface area contributed by atoms with Gasteiger partial charge in [0.25, 0.3) is 0 Å². The zero-order chi connectivity index (χ0) is 10.2. The summed E-state index contributed by atoms with van der Waals surface area (Å²) in [6, 6.07) is 9.48. The van der Waals surface area contributed by atoms with Gasteiger partial charge in [0.2, 0.25) is 0 Å². The highest BCUT2D eigenvalue weighted by Gasteiger charge is 1.92. The summed E-state index contributed by atoms with van der Waals surface area (Å²) in [6.07, 6.45) is 0. The molecule has 0 aromatic heterocycles. The fourth-order valence-corrected chi connectivity index (χ4v) is 0.868. The summed E-state index contributed by atoms with van der Waals surface area (Å²) in [4.78, 5) is 15.4. The maximum Gasteiger partial charge on any atom is 0.302 e. The van der Waals surface area contributed by atoms with Gasteiger partial charge in [-0.2, -0.15) is 0 Å². The van der Waals surface area contributed by atoms with E-state index in [1.807, 2.05) is 30.3 Å². The van der Waals surface area contributed by atoms with Crippen LogP contribution in [0.2, 0.25) is 0 Å². The Balaban J connectivity index is 2.08. The minimum atomic E-state index is -0.298. The van der Waals surface area contributed by atoms with Gasteiger partial charge in [0.05, 0.1) is 5.69 Å².